The Bertz CT molecular complexity index is 864. The molecule has 1 aromatic rings. The molecule has 28 heavy (non-hydrogen) atoms. The normalized spacial score (nSPS) is 20.2. The molecule has 0 amide bonds. The Morgan fingerprint density at radius 2 is 2.04 bits per heavy atom. The van der Waals surface area contributed by atoms with E-state index in [9.17, 15) is 19.7 Å². The standard InChI is InChI=1S/C19H21ClN2O6/c1-10(9-20)28-19(24)16-12(3)21-11(2)15(18(23)27-4)17(16)13-6-5-7-14(8-13)22(25)26/h5-8,10,15,17H,9H2,1-4H3. The zero-order valence-electron chi connectivity index (χ0n) is 16.0. The maximum atomic E-state index is 12.8. The van der Waals surface area contributed by atoms with Crippen molar-refractivity contribution in [2.75, 3.05) is 13.0 Å². The average molecular weight is 409 g/mol. The molecule has 1 aliphatic rings. The van der Waals surface area contributed by atoms with E-state index in [0.717, 1.165) is 0 Å². The lowest BCUT2D eigenvalue weighted by atomic mass is 9.75. The molecule has 8 nitrogen and oxygen atoms in total. The maximum Gasteiger partial charge on any atom is 0.336 e. The van der Waals surface area contributed by atoms with Crippen LogP contribution >= 0.6 is 11.6 Å². The van der Waals surface area contributed by atoms with E-state index in [4.69, 9.17) is 21.1 Å². The van der Waals surface area contributed by atoms with Crippen molar-refractivity contribution in [1.29, 1.82) is 0 Å². The van der Waals surface area contributed by atoms with Gasteiger partial charge in [0.15, 0.2) is 0 Å². The molecule has 1 aliphatic heterocycles. The monoisotopic (exact) mass is 408 g/mol. The number of carbonyl (C=O) groups is 2. The first kappa shape index (κ1) is 21.6. The number of non-ortho nitro benzene ring substituents is 1. The predicted octanol–water partition coefficient (Wildman–Crippen LogP) is 3.39. The summed E-state index contributed by atoms with van der Waals surface area (Å²) in [6.07, 6.45) is -0.552. The van der Waals surface area contributed by atoms with E-state index in [2.05, 4.69) is 4.99 Å². The number of benzene rings is 1. The van der Waals surface area contributed by atoms with Crippen LogP contribution in [0.2, 0.25) is 0 Å². The van der Waals surface area contributed by atoms with Crippen LogP contribution in [0.15, 0.2) is 40.5 Å². The lowest BCUT2D eigenvalue weighted by molar-refractivity contribution is -0.384. The molecule has 0 saturated heterocycles. The van der Waals surface area contributed by atoms with Gasteiger partial charge in [-0.15, -0.1) is 11.6 Å². The highest BCUT2D eigenvalue weighted by atomic mass is 35.5. The number of allylic oxidation sites excluding steroid dienone is 1. The fourth-order valence-electron chi connectivity index (χ4n) is 3.20. The Labute approximate surface area is 167 Å². The first-order valence-electron chi connectivity index (χ1n) is 8.56. The second-order valence-electron chi connectivity index (χ2n) is 6.45. The summed E-state index contributed by atoms with van der Waals surface area (Å²) in [5.41, 5.74) is 1.24. The Kier molecular flexibility index (Phi) is 6.90. The minimum atomic E-state index is -0.912. The Morgan fingerprint density at radius 3 is 2.61 bits per heavy atom. The Morgan fingerprint density at radius 1 is 1.36 bits per heavy atom. The van der Waals surface area contributed by atoms with Crippen LogP contribution in [0.1, 0.15) is 32.3 Å². The van der Waals surface area contributed by atoms with Crippen molar-refractivity contribution in [2.45, 2.75) is 32.8 Å². The van der Waals surface area contributed by atoms with Gasteiger partial charge in [-0.05, 0) is 26.3 Å². The fourth-order valence-corrected chi connectivity index (χ4v) is 3.27. The van der Waals surface area contributed by atoms with Crippen molar-refractivity contribution < 1.29 is 24.0 Å². The van der Waals surface area contributed by atoms with Crippen molar-refractivity contribution in [3.63, 3.8) is 0 Å². The van der Waals surface area contributed by atoms with Crippen molar-refractivity contribution in [2.24, 2.45) is 10.9 Å². The summed E-state index contributed by atoms with van der Waals surface area (Å²) < 4.78 is 10.3. The zero-order chi connectivity index (χ0) is 21.0. The number of methoxy groups -OCH3 is 1. The van der Waals surface area contributed by atoms with Crippen LogP contribution in [0.3, 0.4) is 0 Å². The van der Waals surface area contributed by atoms with Crippen LogP contribution in [0.4, 0.5) is 5.69 Å². The highest BCUT2D eigenvalue weighted by molar-refractivity contribution is 6.18. The lowest BCUT2D eigenvalue weighted by Crippen LogP contribution is -2.36. The van der Waals surface area contributed by atoms with Crippen LogP contribution < -0.4 is 0 Å². The molecule has 0 radical (unpaired) electrons. The van der Waals surface area contributed by atoms with Gasteiger partial charge in [0.1, 0.15) is 12.0 Å². The topological polar surface area (TPSA) is 108 Å². The number of ether oxygens (including phenoxy) is 2. The number of halogens is 1. The summed E-state index contributed by atoms with van der Waals surface area (Å²) in [7, 11) is 1.23. The molecule has 0 spiro atoms. The van der Waals surface area contributed by atoms with E-state index in [-0.39, 0.29) is 17.1 Å². The molecule has 3 atom stereocenters. The molecular formula is C19H21ClN2O6. The van der Waals surface area contributed by atoms with Gasteiger partial charge < -0.3 is 9.47 Å². The molecule has 1 aromatic carbocycles. The van der Waals surface area contributed by atoms with Gasteiger partial charge in [0, 0.05) is 29.5 Å². The quantitative estimate of drug-likeness (QED) is 0.309. The van der Waals surface area contributed by atoms with Crippen molar-refractivity contribution in [3.05, 3.63) is 51.2 Å². The number of hydrogen-bond donors (Lipinski definition) is 0. The van der Waals surface area contributed by atoms with Gasteiger partial charge in [-0.2, -0.15) is 0 Å². The third-order valence-electron chi connectivity index (χ3n) is 4.47. The van der Waals surface area contributed by atoms with E-state index in [1.165, 1.54) is 25.3 Å². The summed E-state index contributed by atoms with van der Waals surface area (Å²) in [4.78, 5) is 40.4. The molecule has 0 saturated carbocycles. The number of hydrogen-bond acceptors (Lipinski definition) is 7. The lowest BCUT2D eigenvalue weighted by Gasteiger charge is -2.31. The summed E-state index contributed by atoms with van der Waals surface area (Å²) in [5.74, 6) is -2.92. The first-order chi connectivity index (χ1) is 13.2. The summed E-state index contributed by atoms with van der Waals surface area (Å²) >= 11 is 5.74. The van der Waals surface area contributed by atoms with E-state index < -0.39 is 34.8 Å². The molecule has 0 aromatic heterocycles. The van der Waals surface area contributed by atoms with Crippen LogP contribution in [-0.4, -0.2) is 41.7 Å². The van der Waals surface area contributed by atoms with Gasteiger partial charge in [-0.1, -0.05) is 12.1 Å². The second kappa shape index (κ2) is 8.97. The Balaban J connectivity index is 2.65. The highest BCUT2D eigenvalue weighted by Crippen LogP contribution is 2.41. The molecular weight excluding hydrogens is 388 g/mol. The van der Waals surface area contributed by atoms with E-state index >= 15 is 0 Å². The summed E-state index contributed by atoms with van der Waals surface area (Å²) in [6.45, 7) is 4.92. The SMILES string of the molecule is COC(=O)C1C(C)=NC(C)=C(C(=O)OC(C)CCl)C1c1cccc([N+](=O)[O-])c1. The molecule has 0 N–H and O–H groups in total. The summed E-state index contributed by atoms with van der Waals surface area (Å²) in [6, 6.07) is 5.80. The van der Waals surface area contributed by atoms with Gasteiger partial charge in [-0.25, -0.2) is 4.79 Å². The third-order valence-corrected chi connectivity index (χ3v) is 4.90. The fraction of sp³-hybridized carbons (Fsp3) is 0.421. The molecule has 2 rings (SSSR count). The number of nitro groups is 1. The molecule has 0 aliphatic carbocycles. The predicted molar refractivity (Wildman–Crippen MR) is 103 cm³/mol. The van der Waals surface area contributed by atoms with Gasteiger partial charge >= 0.3 is 11.9 Å². The molecule has 1 heterocycles. The van der Waals surface area contributed by atoms with Crippen molar-refractivity contribution in [1.82, 2.24) is 0 Å². The van der Waals surface area contributed by atoms with Crippen LogP contribution in [-0.2, 0) is 19.1 Å². The van der Waals surface area contributed by atoms with E-state index in [1.807, 2.05) is 0 Å². The molecule has 0 fully saturated rings. The van der Waals surface area contributed by atoms with Crippen molar-refractivity contribution >= 4 is 34.9 Å². The number of rotatable bonds is 6. The van der Waals surface area contributed by atoms with Crippen LogP contribution in [0.25, 0.3) is 0 Å². The van der Waals surface area contributed by atoms with Crippen molar-refractivity contribution in [3.8, 4) is 0 Å². The largest absolute Gasteiger partial charge is 0.468 e. The van der Waals surface area contributed by atoms with Gasteiger partial charge in [-0.3, -0.25) is 19.9 Å². The molecule has 0 bridgehead atoms. The van der Waals surface area contributed by atoms with Gasteiger partial charge in [0.05, 0.1) is 23.5 Å². The minimum absolute atomic E-state index is 0.0995. The smallest absolute Gasteiger partial charge is 0.336 e. The maximum absolute atomic E-state index is 12.8. The second-order valence-corrected chi connectivity index (χ2v) is 6.76. The van der Waals surface area contributed by atoms with E-state index in [1.54, 1.807) is 26.8 Å². The van der Waals surface area contributed by atoms with Gasteiger partial charge in [0.25, 0.3) is 5.69 Å². The number of alkyl halides is 1. The Hall–Kier alpha value is -2.74. The minimum Gasteiger partial charge on any atom is -0.468 e. The number of aliphatic imine (C=N–C) groups is 1. The third kappa shape index (κ3) is 4.39. The van der Waals surface area contributed by atoms with Crippen LogP contribution in [0, 0.1) is 16.0 Å². The number of nitro benzene ring substituents is 1. The average Bonchev–Trinajstić information content (AvgIpc) is 2.66. The molecule has 150 valence electrons. The van der Waals surface area contributed by atoms with Crippen LogP contribution in [0.5, 0.6) is 0 Å². The van der Waals surface area contributed by atoms with Gasteiger partial charge in [0.2, 0.25) is 0 Å². The number of nitrogens with zero attached hydrogens (tertiary/aromatic N) is 2. The molecule has 9 heteroatoms. The highest BCUT2D eigenvalue weighted by Gasteiger charge is 2.42. The first-order valence-corrected chi connectivity index (χ1v) is 9.09. The number of esters is 2. The zero-order valence-corrected chi connectivity index (χ0v) is 16.7. The summed E-state index contributed by atoms with van der Waals surface area (Å²) in [5, 5.41) is 11.2. The molecule has 3 unspecified atom stereocenters. The van der Waals surface area contributed by atoms with E-state index in [0.29, 0.717) is 17.0 Å². The number of carbonyl (C=O) groups excluding carboxylic acids is 2.